The van der Waals surface area contributed by atoms with E-state index in [4.69, 9.17) is 0 Å². The van der Waals surface area contributed by atoms with Crippen LogP contribution in [0.4, 0.5) is 0 Å². The molecule has 0 saturated carbocycles. The molecule has 1 N–H and O–H groups in total. The second-order valence-corrected chi connectivity index (χ2v) is 6.67. The van der Waals surface area contributed by atoms with Gasteiger partial charge in [-0.15, -0.1) is 11.8 Å². The van der Waals surface area contributed by atoms with Gasteiger partial charge in [-0.1, -0.05) is 43.5 Å². The fourth-order valence-corrected chi connectivity index (χ4v) is 3.78. The molecule has 1 aromatic carbocycles. The summed E-state index contributed by atoms with van der Waals surface area (Å²) in [6.07, 6.45) is 4.78. The summed E-state index contributed by atoms with van der Waals surface area (Å²) in [5.41, 5.74) is 1.43. The van der Waals surface area contributed by atoms with Crippen LogP contribution in [0.1, 0.15) is 24.8 Å². The monoisotopic (exact) mass is 302 g/mol. The Morgan fingerprint density at radius 1 is 1.33 bits per heavy atom. The van der Waals surface area contributed by atoms with Crippen molar-refractivity contribution in [3.8, 4) is 0 Å². The van der Waals surface area contributed by atoms with Gasteiger partial charge in [-0.3, -0.25) is 0 Å². The topological polar surface area (TPSA) is 15.3 Å². The number of benzene rings is 1. The van der Waals surface area contributed by atoms with Crippen LogP contribution in [0.15, 0.2) is 54.2 Å². The molecule has 3 heteroatoms. The van der Waals surface area contributed by atoms with E-state index in [1.807, 2.05) is 18.8 Å². The van der Waals surface area contributed by atoms with E-state index in [0.717, 1.165) is 24.5 Å². The molecule has 0 radical (unpaired) electrons. The summed E-state index contributed by atoms with van der Waals surface area (Å²) < 4.78 is 0. The third-order valence-electron chi connectivity index (χ3n) is 4.00. The molecule has 1 aliphatic rings. The van der Waals surface area contributed by atoms with Crippen molar-refractivity contribution in [2.45, 2.75) is 31.7 Å². The molecule has 0 amide bonds. The lowest BCUT2D eigenvalue weighted by Gasteiger charge is -2.29. The first-order valence-electron chi connectivity index (χ1n) is 7.71. The summed E-state index contributed by atoms with van der Waals surface area (Å²) in [6, 6.07) is 11.2. The van der Waals surface area contributed by atoms with Crippen LogP contribution >= 0.6 is 11.8 Å². The Hall–Kier alpha value is -1.35. The number of rotatable bonds is 8. The van der Waals surface area contributed by atoms with Crippen LogP contribution in [0.3, 0.4) is 0 Å². The molecular weight excluding hydrogens is 276 g/mol. The number of thioether (sulfide) groups is 1. The van der Waals surface area contributed by atoms with Gasteiger partial charge in [-0.25, -0.2) is 0 Å². The molecule has 1 aromatic rings. The van der Waals surface area contributed by atoms with Crippen molar-refractivity contribution in [2.24, 2.45) is 0 Å². The predicted molar refractivity (Wildman–Crippen MR) is 94.3 cm³/mol. The normalized spacial score (nSPS) is 17.8. The number of nitrogens with zero attached hydrogens (tertiary/aromatic N) is 1. The Kier molecular flexibility index (Phi) is 6.24. The van der Waals surface area contributed by atoms with Gasteiger partial charge >= 0.3 is 0 Å². The number of nitrogens with one attached hydrogen (secondary N) is 1. The first-order chi connectivity index (χ1) is 10.2. The van der Waals surface area contributed by atoms with E-state index in [0.29, 0.717) is 6.04 Å². The Bertz CT molecular complexity index is 469. The van der Waals surface area contributed by atoms with Crippen molar-refractivity contribution in [1.82, 2.24) is 10.2 Å². The van der Waals surface area contributed by atoms with Crippen molar-refractivity contribution >= 4 is 11.8 Å². The van der Waals surface area contributed by atoms with Gasteiger partial charge in [0.25, 0.3) is 0 Å². The highest BCUT2D eigenvalue weighted by Crippen LogP contribution is 2.31. The molecule has 2 rings (SSSR count). The third kappa shape index (κ3) is 4.57. The first kappa shape index (κ1) is 16.0. The maximum absolute atomic E-state index is 4.30. The molecule has 0 aromatic heterocycles. The fraction of sp³-hybridized carbons (Fsp3) is 0.444. The lowest BCUT2D eigenvalue weighted by molar-refractivity contribution is 0.344. The second-order valence-electron chi connectivity index (χ2n) is 5.45. The zero-order chi connectivity index (χ0) is 15.1. The first-order valence-corrected chi connectivity index (χ1v) is 8.69. The van der Waals surface area contributed by atoms with E-state index < -0.39 is 0 Å². The van der Waals surface area contributed by atoms with E-state index in [2.05, 4.69) is 53.7 Å². The summed E-state index contributed by atoms with van der Waals surface area (Å²) in [5, 5.41) is 3.16. The number of likely N-dealkylation sites (tertiary alicyclic amines) is 1. The molecule has 1 fully saturated rings. The molecule has 1 saturated heterocycles. The average molecular weight is 302 g/mol. The Morgan fingerprint density at radius 2 is 2.10 bits per heavy atom. The van der Waals surface area contributed by atoms with Crippen LogP contribution in [0, 0.1) is 0 Å². The molecule has 1 heterocycles. The standard InChI is InChI=1S/C18H26N2S/c1-15(18-12-7-13-20(18)16(2)19-3)21-14-8-11-17-9-5-4-6-10-17/h4-6,9-10,18-19H,1-2,7-8,11-14H2,3H3. The summed E-state index contributed by atoms with van der Waals surface area (Å²) in [7, 11) is 1.94. The van der Waals surface area contributed by atoms with E-state index in [1.165, 1.54) is 29.7 Å². The van der Waals surface area contributed by atoms with Gasteiger partial charge in [0.1, 0.15) is 0 Å². The molecule has 0 aliphatic carbocycles. The van der Waals surface area contributed by atoms with Crippen molar-refractivity contribution < 1.29 is 0 Å². The van der Waals surface area contributed by atoms with Gasteiger partial charge in [-0.05, 0) is 37.0 Å². The fourth-order valence-electron chi connectivity index (χ4n) is 2.79. The van der Waals surface area contributed by atoms with Gasteiger partial charge in [0, 0.05) is 18.5 Å². The van der Waals surface area contributed by atoms with E-state index in [1.54, 1.807) is 0 Å². The SMILES string of the molecule is C=C(SCCCc1ccccc1)C1CCCN1C(=C)NC. The minimum Gasteiger partial charge on any atom is -0.375 e. The lowest BCUT2D eigenvalue weighted by atomic mass is 10.1. The summed E-state index contributed by atoms with van der Waals surface area (Å²) in [6.45, 7) is 9.48. The molecule has 1 aliphatic heterocycles. The van der Waals surface area contributed by atoms with E-state index in [9.17, 15) is 0 Å². The Morgan fingerprint density at radius 3 is 2.81 bits per heavy atom. The molecule has 1 unspecified atom stereocenters. The largest absolute Gasteiger partial charge is 0.375 e. The Balaban J connectivity index is 1.73. The van der Waals surface area contributed by atoms with Crippen LogP contribution in [0.2, 0.25) is 0 Å². The maximum atomic E-state index is 4.30. The van der Waals surface area contributed by atoms with Gasteiger partial charge in [0.05, 0.1) is 11.9 Å². The molecule has 2 nitrogen and oxygen atoms in total. The highest BCUT2D eigenvalue weighted by Gasteiger charge is 2.27. The van der Waals surface area contributed by atoms with Crippen molar-refractivity contribution in [2.75, 3.05) is 19.3 Å². The highest BCUT2D eigenvalue weighted by atomic mass is 32.2. The Labute approximate surface area is 133 Å². The molecule has 1 atom stereocenters. The van der Waals surface area contributed by atoms with E-state index in [-0.39, 0.29) is 0 Å². The average Bonchev–Trinajstić information content (AvgIpc) is 3.01. The molecule has 0 bridgehead atoms. The van der Waals surface area contributed by atoms with Crippen LogP contribution in [-0.2, 0) is 6.42 Å². The highest BCUT2D eigenvalue weighted by molar-refractivity contribution is 8.03. The van der Waals surface area contributed by atoms with Gasteiger partial charge < -0.3 is 10.2 Å². The summed E-state index contributed by atoms with van der Waals surface area (Å²) in [4.78, 5) is 3.64. The van der Waals surface area contributed by atoms with Crippen molar-refractivity contribution in [3.05, 3.63) is 59.8 Å². The summed E-state index contributed by atoms with van der Waals surface area (Å²) >= 11 is 1.92. The number of hydrogen-bond donors (Lipinski definition) is 1. The van der Waals surface area contributed by atoms with Gasteiger partial charge in [-0.2, -0.15) is 0 Å². The molecule has 21 heavy (non-hydrogen) atoms. The number of aryl methyl sites for hydroxylation is 1. The van der Waals surface area contributed by atoms with Gasteiger partial charge in [0.15, 0.2) is 0 Å². The van der Waals surface area contributed by atoms with Crippen LogP contribution < -0.4 is 5.32 Å². The third-order valence-corrected chi connectivity index (χ3v) is 5.14. The quantitative estimate of drug-likeness (QED) is 0.730. The minimum absolute atomic E-state index is 0.451. The second kappa shape index (κ2) is 8.18. The molecule has 0 spiro atoms. The maximum Gasteiger partial charge on any atom is 0.0941 e. The minimum atomic E-state index is 0.451. The van der Waals surface area contributed by atoms with Crippen molar-refractivity contribution in [3.63, 3.8) is 0 Å². The van der Waals surface area contributed by atoms with E-state index >= 15 is 0 Å². The van der Waals surface area contributed by atoms with Gasteiger partial charge in [0.2, 0.25) is 0 Å². The van der Waals surface area contributed by atoms with Crippen LogP contribution in [0.5, 0.6) is 0 Å². The molecular formula is C18H26N2S. The summed E-state index contributed by atoms with van der Waals surface area (Å²) in [5.74, 6) is 2.16. The molecule has 114 valence electrons. The lowest BCUT2D eigenvalue weighted by Crippen LogP contribution is -2.34. The predicted octanol–water partition coefficient (Wildman–Crippen LogP) is 4.02. The van der Waals surface area contributed by atoms with Crippen LogP contribution in [0.25, 0.3) is 0 Å². The van der Waals surface area contributed by atoms with Crippen molar-refractivity contribution in [1.29, 1.82) is 0 Å². The van der Waals surface area contributed by atoms with Crippen LogP contribution in [-0.4, -0.2) is 30.3 Å². The number of hydrogen-bond acceptors (Lipinski definition) is 3. The zero-order valence-electron chi connectivity index (χ0n) is 13.0. The zero-order valence-corrected chi connectivity index (χ0v) is 13.8. The smallest absolute Gasteiger partial charge is 0.0941 e.